The van der Waals surface area contributed by atoms with E-state index in [0.29, 0.717) is 35.1 Å². The number of halogens is 1. The standard InChI is InChI=1S/C20H22ClN5O/c1-13-11-17(27)26-18(15-5-3-2-4-6-15)24-19(25-20(26)23-13)22-12-14-7-9-16(21)10-8-14/h2-3,7-11,15,18H,4-6,12H2,1H3,(H2,22,23,24,25). The highest BCUT2D eigenvalue weighted by molar-refractivity contribution is 6.30. The minimum absolute atomic E-state index is 0.0474. The Kier molecular flexibility index (Phi) is 4.99. The van der Waals surface area contributed by atoms with Crippen LogP contribution in [0.1, 0.15) is 36.7 Å². The van der Waals surface area contributed by atoms with E-state index >= 15 is 0 Å². The fraction of sp³-hybridized carbons (Fsp3) is 0.350. The summed E-state index contributed by atoms with van der Waals surface area (Å²) in [6.07, 6.45) is 7.21. The number of allylic oxidation sites excluding steroid dienone is 2. The molecule has 4 rings (SSSR count). The molecule has 1 aromatic heterocycles. The van der Waals surface area contributed by atoms with E-state index in [1.54, 1.807) is 10.6 Å². The van der Waals surface area contributed by atoms with Crippen molar-refractivity contribution in [2.24, 2.45) is 10.9 Å². The van der Waals surface area contributed by atoms with Crippen LogP contribution in [-0.4, -0.2) is 15.5 Å². The van der Waals surface area contributed by atoms with Crippen molar-refractivity contribution >= 4 is 23.5 Å². The fourth-order valence-electron chi connectivity index (χ4n) is 3.59. The van der Waals surface area contributed by atoms with Crippen LogP contribution in [0.4, 0.5) is 5.95 Å². The molecule has 2 heterocycles. The average Bonchev–Trinajstić information content (AvgIpc) is 2.67. The molecule has 2 N–H and O–H groups in total. The van der Waals surface area contributed by atoms with E-state index in [2.05, 4.69) is 32.8 Å². The lowest BCUT2D eigenvalue weighted by Gasteiger charge is -2.36. The number of nitrogens with zero attached hydrogens (tertiary/aromatic N) is 3. The van der Waals surface area contributed by atoms with Gasteiger partial charge in [0.05, 0.1) is 6.54 Å². The van der Waals surface area contributed by atoms with Gasteiger partial charge in [-0.25, -0.2) is 9.98 Å². The number of fused-ring (bicyclic) bond motifs is 1. The Bertz CT molecular complexity index is 948. The zero-order valence-electron chi connectivity index (χ0n) is 15.2. The Balaban J connectivity index is 1.65. The van der Waals surface area contributed by atoms with Crippen LogP contribution in [-0.2, 0) is 6.54 Å². The molecular weight excluding hydrogens is 362 g/mol. The lowest BCUT2D eigenvalue weighted by atomic mass is 9.91. The Labute approximate surface area is 163 Å². The van der Waals surface area contributed by atoms with E-state index in [-0.39, 0.29) is 11.7 Å². The quantitative estimate of drug-likeness (QED) is 0.794. The van der Waals surface area contributed by atoms with Crippen LogP contribution >= 0.6 is 11.6 Å². The van der Waals surface area contributed by atoms with E-state index in [0.717, 1.165) is 24.8 Å². The molecule has 1 aliphatic heterocycles. The number of guanidine groups is 1. The Morgan fingerprint density at radius 3 is 2.85 bits per heavy atom. The second kappa shape index (κ2) is 7.56. The maximum absolute atomic E-state index is 12.6. The van der Waals surface area contributed by atoms with Gasteiger partial charge < -0.3 is 5.32 Å². The number of nitrogens with one attached hydrogen (secondary N) is 2. The molecule has 0 amide bonds. The number of benzene rings is 1. The van der Waals surface area contributed by atoms with Gasteiger partial charge in [0.15, 0.2) is 5.96 Å². The molecule has 1 aromatic carbocycles. The molecular formula is C20H22ClN5O. The number of hydrogen-bond donors (Lipinski definition) is 2. The van der Waals surface area contributed by atoms with Crippen LogP contribution in [0.3, 0.4) is 0 Å². The smallest absolute Gasteiger partial charge is 0.256 e. The van der Waals surface area contributed by atoms with Crippen LogP contribution in [0.2, 0.25) is 5.02 Å². The molecule has 2 unspecified atom stereocenters. The normalized spacial score (nSPS) is 22.8. The van der Waals surface area contributed by atoms with Crippen LogP contribution in [0.5, 0.6) is 0 Å². The molecule has 2 aromatic rings. The van der Waals surface area contributed by atoms with Crippen molar-refractivity contribution in [1.82, 2.24) is 14.9 Å². The first kappa shape index (κ1) is 17.8. The molecule has 6 nitrogen and oxygen atoms in total. The summed E-state index contributed by atoms with van der Waals surface area (Å²) in [5.74, 6) is 1.51. The number of aliphatic imine (C=N–C) groups is 1. The first-order chi connectivity index (χ1) is 13.1. The molecule has 0 saturated carbocycles. The largest absolute Gasteiger partial charge is 0.335 e. The molecule has 0 bridgehead atoms. The minimum Gasteiger partial charge on any atom is -0.335 e. The maximum atomic E-state index is 12.6. The summed E-state index contributed by atoms with van der Waals surface area (Å²) in [4.78, 5) is 21.8. The van der Waals surface area contributed by atoms with Gasteiger partial charge in [-0.15, -0.1) is 0 Å². The van der Waals surface area contributed by atoms with E-state index in [1.807, 2.05) is 31.2 Å². The molecule has 7 heteroatoms. The molecule has 27 heavy (non-hydrogen) atoms. The number of aryl methyl sites for hydroxylation is 1. The summed E-state index contributed by atoms with van der Waals surface area (Å²) in [6, 6.07) is 9.21. The molecule has 0 fully saturated rings. The fourth-order valence-corrected chi connectivity index (χ4v) is 3.71. The van der Waals surface area contributed by atoms with Gasteiger partial charge in [0.25, 0.3) is 5.56 Å². The Hall–Kier alpha value is -2.60. The Morgan fingerprint density at radius 1 is 1.30 bits per heavy atom. The minimum atomic E-state index is -0.157. The molecule has 2 atom stereocenters. The molecule has 0 radical (unpaired) electrons. The molecule has 0 spiro atoms. The number of rotatable bonds is 3. The molecule has 2 aliphatic rings. The van der Waals surface area contributed by atoms with Crippen LogP contribution in [0.25, 0.3) is 0 Å². The summed E-state index contributed by atoms with van der Waals surface area (Å²) in [7, 11) is 0. The lowest BCUT2D eigenvalue weighted by Crippen LogP contribution is -2.50. The van der Waals surface area contributed by atoms with Gasteiger partial charge in [0, 0.05) is 22.7 Å². The van der Waals surface area contributed by atoms with Crippen molar-refractivity contribution in [3.8, 4) is 0 Å². The summed E-state index contributed by atoms with van der Waals surface area (Å²) in [5.41, 5.74) is 1.71. The van der Waals surface area contributed by atoms with Gasteiger partial charge in [-0.1, -0.05) is 35.9 Å². The van der Waals surface area contributed by atoms with Gasteiger partial charge in [0.2, 0.25) is 5.95 Å². The van der Waals surface area contributed by atoms with Crippen LogP contribution < -0.4 is 16.2 Å². The second-order valence-corrected chi connectivity index (χ2v) is 7.42. The van der Waals surface area contributed by atoms with Gasteiger partial charge in [-0.2, -0.15) is 0 Å². The average molecular weight is 384 g/mol. The van der Waals surface area contributed by atoms with Crippen LogP contribution in [0.15, 0.2) is 52.3 Å². The van der Waals surface area contributed by atoms with E-state index in [4.69, 9.17) is 11.6 Å². The highest BCUT2D eigenvalue weighted by atomic mass is 35.5. The molecule has 0 saturated heterocycles. The predicted molar refractivity (Wildman–Crippen MR) is 108 cm³/mol. The van der Waals surface area contributed by atoms with Crippen molar-refractivity contribution < 1.29 is 0 Å². The third-order valence-electron chi connectivity index (χ3n) is 4.96. The van der Waals surface area contributed by atoms with Gasteiger partial charge in [-0.3, -0.25) is 14.7 Å². The van der Waals surface area contributed by atoms with Crippen molar-refractivity contribution in [3.63, 3.8) is 0 Å². The van der Waals surface area contributed by atoms with Crippen molar-refractivity contribution in [3.05, 3.63) is 69.1 Å². The van der Waals surface area contributed by atoms with Gasteiger partial charge >= 0.3 is 0 Å². The highest BCUT2D eigenvalue weighted by Crippen LogP contribution is 2.30. The highest BCUT2D eigenvalue weighted by Gasteiger charge is 2.31. The summed E-state index contributed by atoms with van der Waals surface area (Å²) in [6.45, 7) is 2.34. The summed E-state index contributed by atoms with van der Waals surface area (Å²) in [5, 5.41) is 7.31. The predicted octanol–water partition coefficient (Wildman–Crippen LogP) is 3.63. The lowest BCUT2D eigenvalue weighted by molar-refractivity contribution is 0.276. The van der Waals surface area contributed by atoms with Crippen molar-refractivity contribution in [1.29, 1.82) is 0 Å². The van der Waals surface area contributed by atoms with E-state index < -0.39 is 0 Å². The van der Waals surface area contributed by atoms with Gasteiger partial charge in [0.1, 0.15) is 6.17 Å². The maximum Gasteiger partial charge on any atom is 0.256 e. The number of aromatic nitrogens is 2. The summed E-state index contributed by atoms with van der Waals surface area (Å²) >= 11 is 5.94. The van der Waals surface area contributed by atoms with Crippen molar-refractivity contribution in [2.45, 2.75) is 38.9 Å². The van der Waals surface area contributed by atoms with E-state index in [9.17, 15) is 4.79 Å². The number of anilines is 1. The Morgan fingerprint density at radius 2 is 2.11 bits per heavy atom. The third kappa shape index (κ3) is 3.90. The van der Waals surface area contributed by atoms with E-state index in [1.165, 1.54) is 0 Å². The zero-order valence-corrected chi connectivity index (χ0v) is 15.9. The topological polar surface area (TPSA) is 71.3 Å². The number of hydrogen-bond acceptors (Lipinski definition) is 3. The van der Waals surface area contributed by atoms with Crippen molar-refractivity contribution in [2.75, 3.05) is 5.32 Å². The SMILES string of the molecule is Cc1cc(=O)n2c(n1)NC(=NCc1ccc(Cl)cc1)NC2C1CC=CCC1. The molecule has 1 aliphatic carbocycles. The second-order valence-electron chi connectivity index (χ2n) is 6.98. The van der Waals surface area contributed by atoms with Crippen LogP contribution in [0, 0.1) is 12.8 Å². The first-order valence-corrected chi connectivity index (χ1v) is 9.55. The zero-order chi connectivity index (χ0) is 18.8. The third-order valence-corrected chi connectivity index (χ3v) is 5.21. The summed E-state index contributed by atoms with van der Waals surface area (Å²) < 4.78 is 1.72. The molecule has 140 valence electrons. The monoisotopic (exact) mass is 383 g/mol. The van der Waals surface area contributed by atoms with Gasteiger partial charge in [-0.05, 0) is 43.9 Å². The first-order valence-electron chi connectivity index (χ1n) is 9.18.